The zero-order chi connectivity index (χ0) is 23.7. The first-order chi connectivity index (χ1) is 16.4. The summed E-state index contributed by atoms with van der Waals surface area (Å²) in [6, 6.07) is 19.9. The van der Waals surface area contributed by atoms with E-state index in [4.69, 9.17) is 16.6 Å². The maximum Gasteiger partial charge on any atom is 0.203 e. The topological polar surface area (TPSA) is 88.7 Å². The number of sulfone groups is 1. The van der Waals surface area contributed by atoms with Gasteiger partial charge in [0.05, 0.1) is 28.2 Å². The van der Waals surface area contributed by atoms with Crippen LogP contribution in [-0.4, -0.2) is 35.3 Å². The highest BCUT2D eigenvalue weighted by molar-refractivity contribution is 7.90. The number of nitrogens with zero attached hydrogens (tertiary/aromatic N) is 4. The van der Waals surface area contributed by atoms with Gasteiger partial charge in [-0.05, 0) is 36.4 Å². The Kier molecular flexibility index (Phi) is 5.91. The molecule has 34 heavy (non-hydrogen) atoms. The second-order valence-corrected chi connectivity index (χ2v) is 10.8. The highest BCUT2D eigenvalue weighted by Gasteiger charge is 2.14. The van der Waals surface area contributed by atoms with Crippen LogP contribution < -0.4 is 5.43 Å². The molecule has 0 unspecified atom stereocenters. The second kappa shape index (κ2) is 9.02. The zero-order valence-corrected chi connectivity index (χ0v) is 20.3. The van der Waals surface area contributed by atoms with Gasteiger partial charge in [-0.25, -0.2) is 18.4 Å². The maximum absolute atomic E-state index is 11.8. The van der Waals surface area contributed by atoms with E-state index in [1.165, 1.54) is 17.6 Å². The number of benzene rings is 2. The van der Waals surface area contributed by atoms with Crippen molar-refractivity contribution in [3.05, 3.63) is 89.0 Å². The summed E-state index contributed by atoms with van der Waals surface area (Å²) in [4.78, 5) is 9.56. The van der Waals surface area contributed by atoms with Crippen molar-refractivity contribution in [1.29, 1.82) is 0 Å². The molecule has 0 saturated carbocycles. The van der Waals surface area contributed by atoms with Gasteiger partial charge in [-0.15, -0.1) is 11.3 Å². The molecule has 3 aromatic heterocycles. The lowest BCUT2D eigenvalue weighted by Crippen LogP contribution is -1.98. The molecule has 0 bridgehead atoms. The van der Waals surface area contributed by atoms with E-state index < -0.39 is 9.84 Å². The summed E-state index contributed by atoms with van der Waals surface area (Å²) < 4.78 is 25.5. The highest BCUT2D eigenvalue weighted by Crippen LogP contribution is 2.27. The number of hydrogen-bond acceptors (Lipinski definition) is 7. The quantitative estimate of drug-likeness (QED) is 0.238. The molecule has 0 spiro atoms. The monoisotopic (exact) mass is 507 g/mol. The molecule has 3 heterocycles. The fraction of sp³-hybridized carbons (Fsp3) is 0.0417. The summed E-state index contributed by atoms with van der Waals surface area (Å²) >= 11 is 7.41. The minimum absolute atomic E-state index is 0.261. The van der Waals surface area contributed by atoms with Gasteiger partial charge in [0.1, 0.15) is 5.65 Å². The molecule has 0 radical (unpaired) electrons. The van der Waals surface area contributed by atoms with Crippen LogP contribution in [0.3, 0.4) is 0 Å². The summed E-state index contributed by atoms with van der Waals surface area (Å²) in [5.41, 5.74) is 7.78. The molecule has 2 aromatic carbocycles. The molecule has 0 aliphatic heterocycles. The number of rotatable bonds is 6. The van der Waals surface area contributed by atoms with Gasteiger partial charge in [-0.1, -0.05) is 41.9 Å². The number of pyridine rings is 1. The van der Waals surface area contributed by atoms with Gasteiger partial charge >= 0.3 is 0 Å². The van der Waals surface area contributed by atoms with Gasteiger partial charge in [-0.3, -0.25) is 9.83 Å². The largest absolute Gasteiger partial charge is 0.298 e. The van der Waals surface area contributed by atoms with Crippen molar-refractivity contribution in [2.24, 2.45) is 5.10 Å². The lowest BCUT2D eigenvalue weighted by atomic mass is 10.1. The van der Waals surface area contributed by atoms with E-state index in [0.717, 1.165) is 28.2 Å². The van der Waals surface area contributed by atoms with Gasteiger partial charge in [0.15, 0.2) is 9.84 Å². The first-order valence-electron chi connectivity index (χ1n) is 10.2. The summed E-state index contributed by atoms with van der Waals surface area (Å²) in [6.07, 6.45) is 4.77. The predicted octanol–water partition coefficient (Wildman–Crippen LogP) is 5.63. The third-order valence-electron chi connectivity index (χ3n) is 5.11. The van der Waals surface area contributed by atoms with Crippen molar-refractivity contribution in [2.75, 3.05) is 11.7 Å². The van der Waals surface area contributed by atoms with Gasteiger partial charge in [0.25, 0.3) is 0 Å². The van der Waals surface area contributed by atoms with Crippen molar-refractivity contribution < 1.29 is 8.42 Å². The van der Waals surface area contributed by atoms with Crippen LogP contribution in [0, 0.1) is 0 Å². The Morgan fingerprint density at radius 2 is 1.74 bits per heavy atom. The molecule has 170 valence electrons. The number of aromatic nitrogens is 3. The van der Waals surface area contributed by atoms with Crippen molar-refractivity contribution in [3.8, 4) is 22.5 Å². The van der Waals surface area contributed by atoms with Crippen LogP contribution in [0.4, 0.5) is 5.13 Å². The lowest BCUT2D eigenvalue weighted by molar-refractivity contribution is 0.602. The SMILES string of the molecule is CS(=O)(=O)c1ccc(-c2nc3ccccn3c2/C=N/Nc2nc(-c3ccc(Cl)cc3)cs2)cc1. The lowest BCUT2D eigenvalue weighted by Gasteiger charge is -2.03. The number of imidazole rings is 1. The number of hydrazone groups is 1. The zero-order valence-electron chi connectivity index (χ0n) is 17.9. The van der Waals surface area contributed by atoms with Crippen LogP contribution in [0.25, 0.3) is 28.2 Å². The van der Waals surface area contributed by atoms with Gasteiger partial charge in [0.2, 0.25) is 5.13 Å². The molecule has 0 amide bonds. The van der Waals surface area contributed by atoms with E-state index in [2.05, 4.69) is 15.5 Å². The Morgan fingerprint density at radius 3 is 2.47 bits per heavy atom. The molecule has 5 aromatic rings. The molecule has 0 aliphatic carbocycles. The molecule has 0 saturated heterocycles. The number of anilines is 1. The Morgan fingerprint density at radius 1 is 1.00 bits per heavy atom. The molecule has 1 N–H and O–H groups in total. The van der Waals surface area contributed by atoms with Crippen molar-refractivity contribution in [2.45, 2.75) is 4.90 Å². The third kappa shape index (κ3) is 4.58. The number of fused-ring (bicyclic) bond motifs is 1. The molecule has 7 nitrogen and oxygen atoms in total. The summed E-state index contributed by atoms with van der Waals surface area (Å²) in [6.45, 7) is 0. The molecular weight excluding hydrogens is 490 g/mol. The first kappa shape index (κ1) is 22.3. The summed E-state index contributed by atoms with van der Waals surface area (Å²) in [5.74, 6) is 0. The number of halogens is 1. The fourth-order valence-corrected chi connectivity index (χ4v) is 4.86. The van der Waals surface area contributed by atoms with Gasteiger partial charge in [-0.2, -0.15) is 5.10 Å². The van der Waals surface area contributed by atoms with Crippen LogP contribution in [0.1, 0.15) is 5.69 Å². The molecule has 5 rings (SSSR count). The second-order valence-electron chi connectivity index (χ2n) is 7.49. The molecule has 10 heteroatoms. The Balaban J connectivity index is 1.44. The minimum Gasteiger partial charge on any atom is -0.298 e. The first-order valence-corrected chi connectivity index (χ1v) is 13.3. The van der Waals surface area contributed by atoms with Crippen LogP contribution in [-0.2, 0) is 9.84 Å². The van der Waals surface area contributed by atoms with E-state index in [1.807, 2.05) is 58.4 Å². The fourth-order valence-electron chi connectivity index (χ4n) is 3.44. The smallest absolute Gasteiger partial charge is 0.203 e. The van der Waals surface area contributed by atoms with Crippen molar-refractivity contribution in [3.63, 3.8) is 0 Å². The number of nitrogens with one attached hydrogen (secondary N) is 1. The normalized spacial score (nSPS) is 11.9. The van der Waals surface area contributed by atoms with Gasteiger partial charge in [0, 0.05) is 34.0 Å². The van der Waals surface area contributed by atoms with Crippen molar-refractivity contribution >= 4 is 49.8 Å². The van der Waals surface area contributed by atoms with Gasteiger partial charge < -0.3 is 0 Å². The number of hydrogen-bond donors (Lipinski definition) is 1. The van der Waals surface area contributed by atoms with E-state index in [1.54, 1.807) is 30.5 Å². The van der Waals surface area contributed by atoms with E-state index >= 15 is 0 Å². The Labute approximate surface area is 205 Å². The summed E-state index contributed by atoms with van der Waals surface area (Å²) in [7, 11) is -3.28. The maximum atomic E-state index is 11.8. The molecule has 0 fully saturated rings. The highest BCUT2D eigenvalue weighted by atomic mass is 35.5. The predicted molar refractivity (Wildman–Crippen MR) is 138 cm³/mol. The molecule has 0 aliphatic rings. The van der Waals surface area contributed by atoms with E-state index in [9.17, 15) is 8.42 Å². The summed E-state index contributed by atoms with van der Waals surface area (Å²) in [5, 5.41) is 7.67. The third-order valence-corrected chi connectivity index (χ3v) is 7.24. The van der Waals surface area contributed by atoms with Crippen molar-refractivity contribution in [1.82, 2.24) is 14.4 Å². The van der Waals surface area contributed by atoms with E-state index in [0.29, 0.717) is 15.8 Å². The van der Waals surface area contributed by atoms with Crippen LogP contribution in [0.5, 0.6) is 0 Å². The average Bonchev–Trinajstić information content (AvgIpc) is 3.44. The Hall–Kier alpha value is -3.53. The van der Waals surface area contributed by atoms with Crippen LogP contribution in [0.2, 0.25) is 5.02 Å². The standard InChI is InChI=1S/C24H18ClN5O2S2/c1-34(31,32)19-11-7-17(8-12-19)23-21(30-13-3-2-4-22(30)28-23)14-26-29-24-27-20(15-33-24)16-5-9-18(25)10-6-16/h2-15H,1H3,(H,27,29)/b26-14+. The molecular formula is C24H18ClN5O2S2. The van der Waals surface area contributed by atoms with Crippen LogP contribution >= 0.6 is 22.9 Å². The van der Waals surface area contributed by atoms with Crippen LogP contribution in [0.15, 0.2) is 88.3 Å². The molecule has 0 atom stereocenters. The minimum atomic E-state index is -3.28. The number of thiazole rings is 1. The average molecular weight is 508 g/mol. The Bertz CT molecular complexity index is 1610. The van der Waals surface area contributed by atoms with E-state index in [-0.39, 0.29) is 4.90 Å².